The molecule has 3 amide bonds. The van der Waals surface area contributed by atoms with Crippen LogP contribution in [0.3, 0.4) is 0 Å². The van der Waals surface area contributed by atoms with Gasteiger partial charge >= 0.3 is 0 Å². The molecule has 0 aromatic heterocycles. The molecule has 0 spiro atoms. The van der Waals surface area contributed by atoms with Crippen LogP contribution in [0.15, 0.2) is 0 Å². The van der Waals surface area contributed by atoms with Crippen LogP contribution in [0.5, 0.6) is 0 Å². The van der Waals surface area contributed by atoms with Crippen molar-refractivity contribution in [3.63, 3.8) is 0 Å². The maximum Gasteiger partial charge on any atom is 0.295 e. The van der Waals surface area contributed by atoms with Crippen LogP contribution in [0.2, 0.25) is 0 Å². The Kier molecular flexibility index (Phi) is 17.3. The topological polar surface area (TPSA) is 243 Å². The molecule has 58 heavy (non-hydrogen) atoms. The Morgan fingerprint density at radius 2 is 1.64 bits per heavy atom. The molecule has 17 nitrogen and oxygen atoms in total. The Labute approximate surface area is 340 Å². The van der Waals surface area contributed by atoms with Crippen LogP contribution in [0.1, 0.15) is 97.8 Å². The summed E-state index contributed by atoms with van der Waals surface area (Å²) >= 11 is 0. The predicted molar refractivity (Wildman–Crippen MR) is 205 cm³/mol. The Morgan fingerprint density at radius 1 is 0.914 bits per heavy atom. The highest BCUT2D eigenvalue weighted by molar-refractivity contribution is 5.92. The van der Waals surface area contributed by atoms with E-state index in [0.717, 1.165) is 38.5 Å². The van der Waals surface area contributed by atoms with E-state index >= 15 is 0 Å². The minimum absolute atomic E-state index is 0.0858. The zero-order chi connectivity index (χ0) is 42.1. The Hall–Kier alpha value is -2.76. The van der Waals surface area contributed by atoms with E-state index in [0.29, 0.717) is 38.8 Å². The number of ether oxygens (including phenoxy) is 5. The van der Waals surface area contributed by atoms with E-state index in [1.54, 1.807) is 4.90 Å². The molecule has 328 valence electrons. The van der Waals surface area contributed by atoms with Crippen molar-refractivity contribution in [1.29, 1.82) is 0 Å². The zero-order valence-electron chi connectivity index (χ0n) is 34.0. The molecular weight excluding hydrogens is 758 g/mol. The van der Waals surface area contributed by atoms with Gasteiger partial charge in [-0.25, -0.2) is 0 Å². The van der Waals surface area contributed by atoms with Gasteiger partial charge in [-0.05, 0) is 56.8 Å². The summed E-state index contributed by atoms with van der Waals surface area (Å²) in [6.07, 6.45) is -2.10. The van der Waals surface area contributed by atoms with Crippen molar-refractivity contribution in [2.45, 2.75) is 177 Å². The van der Waals surface area contributed by atoms with E-state index in [1.807, 2.05) is 12.8 Å². The summed E-state index contributed by atoms with van der Waals surface area (Å²) in [5.41, 5.74) is 0. The fourth-order valence-corrected chi connectivity index (χ4v) is 9.08. The van der Waals surface area contributed by atoms with Gasteiger partial charge in [0.2, 0.25) is 5.91 Å². The number of terminal acetylenes is 1. The first-order valence-corrected chi connectivity index (χ1v) is 21.2. The summed E-state index contributed by atoms with van der Waals surface area (Å²) < 4.78 is 31.8. The number of carbonyl (C=O) groups excluding carboxylic acids is 4. The summed E-state index contributed by atoms with van der Waals surface area (Å²) in [4.78, 5) is 53.7. The highest BCUT2D eigenvalue weighted by atomic mass is 16.7. The Bertz CT molecular complexity index is 1420. The smallest absolute Gasteiger partial charge is 0.295 e. The number of rotatable bonds is 17. The summed E-state index contributed by atoms with van der Waals surface area (Å²) in [6.45, 7) is 5.46. The van der Waals surface area contributed by atoms with Gasteiger partial charge in [0.1, 0.15) is 54.6 Å². The molecule has 3 aliphatic heterocycles. The standard InChI is InChI=1S/C41H65N3O14/c1-5-25-19-26(27(47)14-10-15-42-31(48)6-2)20-28(37(25)58-41-36(52)35(51)33(49)22(3)54-41)56-40-32(43-23(4)46)38(34(50)30(21-45)57-40)55-29(39(53)44-16-11-17-44)18-24-12-8-7-9-13-24/h2,22,24-26,28-30,32-38,40-41,45,49-52H,5,7-21H2,1,3-4H3,(H,42,48)(H,43,46)/t22?,25-,26?,28-,29+,30?,32?,33-,34+,35?,36+,37-,38?,40-,41+/m1/s1. The number of nitrogens with one attached hydrogen (secondary N) is 2. The Morgan fingerprint density at radius 3 is 2.26 bits per heavy atom. The van der Waals surface area contributed by atoms with Crippen LogP contribution in [-0.2, 0) is 42.9 Å². The molecule has 2 aliphatic carbocycles. The second-order valence-electron chi connectivity index (χ2n) is 16.7. The van der Waals surface area contributed by atoms with Crippen molar-refractivity contribution in [1.82, 2.24) is 15.5 Å². The SMILES string of the molecule is C#CC(=O)NCCCC(=O)C1C[C@@H](CC)[C@@H](O[C@@H]2OC(C)[C@@H](O)C(O)[C@@H]2O)[C@H](O[C@@H]2OC(CO)[C@H](O)C(O[C@@H](CC3CCCCC3)C(=O)N3CCC3)C2NC(C)=O)C1. The van der Waals surface area contributed by atoms with Crippen LogP contribution >= 0.6 is 0 Å². The number of aliphatic hydroxyl groups excluding tert-OH is 5. The lowest BCUT2D eigenvalue weighted by Gasteiger charge is -2.49. The quantitative estimate of drug-likeness (QED) is 0.0734. The summed E-state index contributed by atoms with van der Waals surface area (Å²) in [5, 5.41) is 59.4. The van der Waals surface area contributed by atoms with Crippen LogP contribution < -0.4 is 10.6 Å². The molecule has 0 aromatic rings. The van der Waals surface area contributed by atoms with Gasteiger partial charge < -0.3 is 64.8 Å². The van der Waals surface area contributed by atoms with Crippen molar-refractivity contribution >= 4 is 23.5 Å². The maximum absolute atomic E-state index is 13.9. The predicted octanol–water partition coefficient (Wildman–Crippen LogP) is -0.341. The van der Waals surface area contributed by atoms with Gasteiger partial charge in [0.05, 0.1) is 24.9 Å². The molecule has 0 aromatic carbocycles. The number of likely N-dealkylation sites (tertiary alicyclic amines) is 1. The molecule has 6 unspecified atom stereocenters. The van der Waals surface area contributed by atoms with E-state index in [-0.39, 0.29) is 42.9 Å². The van der Waals surface area contributed by atoms with Gasteiger partial charge in [0, 0.05) is 38.9 Å². The number of ketones is 1. The lowest BCUT2D eigenvalue weighted by molar-refractivity contribution is -0.338. The molecule has 3 saturated heterocycles. The molecule has 15 atom stereocenters. The number of hydrogen-bond acceptors (Lipinski definition) is 14. The third-order valence-electron chi connectivity index (χ3n) is 12.6. The number of carbonyl (C=O) groups is 4. The first-order valence-electron chi connectivity index (χ1n) is 21.2. The van der Waals surface area contributed by atoms with Crippen LogP contribution in [0, 0.1) is 30.1 Å². The second-order valence-corrected chi connectivity index (χ2v) is 16.7. The largest absolute Gasteiger partial charge is 0.394 e. The molecule has 0 radical (unpaired) electrons. The van der Waals surface area contributed by atoms with Gasteiger partial charge in [-0.1, -0.05) is 45.4 Å². The molecule has 2 saturated carbocycles. The van der Waals surface area contributed by atoms with Crippen molar-refractivity contribution in [3.8, 4) is 12.3 Å². The number of nitrogens with zero attached hydrogens (tertiary/aromatic N) is 1. The maximum atomic E-state index is 13.9. The minimum Gasteiger partial charge on any atom is -0.394 e. The fraction of sp³-hybridized carbons (Fsp3) is 0.854. The van der Waals surface area contributed by atoms with Crippen LogP contribution in [-0.4, -0.2) is 160 Å². The van der Waals surface area contributed by atoms with Crippen molar-refractivity contribution < 1.29 is 68.4 Å². The van der Waals surface area contributed by atoms with Crippen molar-refractivity contribution in [3.05, 3.63) is 0 Å². The van der Waals surface area contributed by atoms with Crippen LogP contribution in [0.4, 0.5) is 0 Å². The molecule has 3 heterocycles. The average Bonchev–Trinajstić information content (AvgIpc) is 3.19. The number of Topliss-reactive ketones (excluding diaryl/α,β-unsaturated/α-hetero) is 1. The normalized spacial score (nSPS) is 37.5. The minimum atomic E-state index is -1.63. The van der Waals surface area contributed by atoms with E-state index in [1.165, 1.54) is 13.8 Å². The highest BCUT2D eigenvalue weighted by Gasteiger charge is 2.53. The van der Waals surface area contributed by atoms with Gasteiger partial charge in [0.25, 0.3) is 11.8 Å². The molecule has 17 heteroatoms. The monoisotopic (exact) mass is 823 g/mol. The van der Waals surface area contributed by atoms with Gasteiger partial charge in [-0.2, -0.15) is 0 Å². The molecule has 5 aliphatic rings. The van der Waals surface area contributed by atoms with Gasteiger partial charge in [-0.3, -0.25) is 19.2 Å². The average molecular weight is 824 g/mol. The molecule has 7 N–H and O–H groups in total. The lowest BCUT2D eigenvalue weighted by Crippen LogP contribution is -2.67. The van der Waals surface area contributed by atoms with Crippen LogP contribution in [0.25, 0.3) is 0 Å². The first kappa shape index (κ1) is 46.3. The summed E-state index contributed by atoms with van der Waals surface area (Å²) in [5.74, 6) is -0.0883. The molecule has 0 bridgehead atoms. The summed E-state index contributed by atoms with van der Waals surface area (Å²) in [6, 6.07) is -1.20. The fourth-order valence-electron chi connectivity index (χ4n) is 9.08. The molecule has 5 fully saturated rings. The number of hydrogen-bond donors (Lipinski definition) is 7. The number of amides is 3. The molecule has 5 rings (SSSR count). The van der Waals surface area contributed by atoms with Gasteiger partial charge in [0.15, 0.2) is 12.6 Å². The number of aliphatic hydroxyl groups is 5. The third kappa shape index (κ3) is 11.5. The first-order chi connectivity index (χ1) is 27.8. The second kappa shape index (κ2) is 21.7. The Balaban J connectivity index is 1.44. The molecular formula is C41H65N3O14. The van der Waals surface area contributed by atoms with E-state index < -0.39 is 104 Å². The van der Waals surface area contributed by atoms with E-state index in [4.69, 9.17) is 30.1 Å². The van der Waals surface area contributed by atoms with E-state index in [9.17, 15) is 44.7 Å². The highest BCUT2D eigenvalue weighted by Crippen LogP contribution is 2.40. The summed E-state index contributed by atoms with van der Waals surface area (Å²) in [7, 11) is 0. The van der Waals surface area contributed by atoms with Gasteiger partial charge in [-0.15, -0.1) is 6.42 Å². The lowest BCUT2D eigenvalue weighted by atomic mass is 9.74. The van der Waals surface area contributed by atoms with E-state index in [2.05, 4.69) is 10.6 Å². The van der Waals surface area contributed by atoms with Crippen molar-refractivity contribution in [2.24, 2.45) is 17.8 Å². The zero-order valence-corrected chi connectivity index (χ0v) is 34.0. The van der Waals surface area contributed by atoms with Crippen molar-refractivity contribution in [2.75, 3.05) is 26.2 Å². The third-order valence-corrected chi connectivity index (χ3v) is 12.6.